The third-order valence-corrected chi connectivity index (χ3v) is 6.08. The molecule has 33 heavy (non-hydrogen) atoms. The van der Waals surface area contributed by atoms with Crippen LogP contribution in [0, 0.1) is 5.92 Å². The number of benzene rings is 3. The third kappa shape index (κ3) is 6.02. The van der Waals surface area contributed by atoms with Crippen molar-refractivity contribution in [2.45, 2.75) is 31.3 Å². The molecule has 0 spiro atoms. The molecule has 1 aromatic heterocycles. The van der Waals surface area contributed by atoms with Crippen LogP contribution in [0.4, 0.5) is 5.69 Å². The first-order chi connectivity index (χ1) is 16.0. The maximum absolute atomic E-state index is 12.6. The maximum atomic E-state index is 12.6. The zero-order chi connectivity index (χ0) is 23.2. The number of anilines is 1. The van der Waals surface area contributed by atoms with Crippen LogP contribution in [0.1, 0.15) is 35.3 Å². The average molecular weight is 459 g/mol. The lowest BCUT2D eigenvalue weighted by molar-refractivity contribution is -0.118. The molecule has 7 heteroatoms. The molecule has 4 aromatic rings. The highest BCUT2D eigenvalue weighted by Gasteiger charge is 2.09. The number of aromatic amines is 1. The number of thioether (sulfide) groups is 1. The van der Waals surface area contributed by atoms with Gasteiger partial charge < -0.3 is 15.6 Å². The number of H-pyrrole nitrogens is 1. The molecule has 3 N–H and O–H groups in total. The van der Waals surface area contributed by atoms with Crippen molar-refractivity contribution in [1.82, 2.24) is 15.3 Å². The standard InChI is InChI=1S/C26H26N4O2S/c1-17(2)24(31)28-21-7-5-6-19(14-21)15-27-25(32)20-12-10-18(11-13-20)16-33-26-29-22-8-3-4-9-23(22)30-26/h3-14,17H,15-16H2,1-2H3,(H,27,32)(H,28,31)(H,29,30). The summed E-state index contributed by atoms with van der Waals surface area (Å²) in [6, 6.07) is 23.1. The number of hydrogen-bond acceptors (Lipinski definition) is 4. The number of rotatable bonds is 8. The Morgan fingerprint density at radius 2 is 1.76 bits per heavy atom. The van der Waals surface area contributed by atoms with Crippen molar-refractivity contribution in [2.75, 3.05) is 5.32 Å². The van der Waals surface area contributed by atoms with Gasteiger partial charge in [0.15, 0.2) is 5.16 Å². The average Bonchev–Trinajstić information content (AvgIpc) is 3.25. The fourth-order valence-corrected chi connectivity index (χ4v) is 4.07. The van der Waals surface area contributed by atoms with Gasteiger partial charge in [-0.2, -0.15) is 0 Å². The molecule has 0 fully saturated rings. The molecule has 1 heterocycles. The highest BCUT2D eigenvalue weighted by Crippen LogP contribution is 2.23. The molecule has 6 nitrogen and oxygen atoms in total. The zero-order valence-corrected chi connectivity index (χ0v) is 19.4. The van der Waals surface area contributed by atoms with Crippen LogP contribution >= 0.6 is 11.8 Å². The van der Waals surface area contributed by atoms with Gasteiger partial charge in [-0.25, -0.2) is 4.98 Å². The van der Waals surface area contributed by atoms with Crippen molar-refractivity contribution in [3.63, 3.8) is 0 Å². The summed E-state index contributed by atoms with van der Waals surface area (Å²) in [6.07, 6.45) is 0. The Morgan fingerprint density at radius 3 is 2.52 bits per heavy atom. The Morgan fingerprint density at radius 1 is 0.970 bits per heavy atom. The number of aromatic nitrogens is 2. The largest absolute Gasteiger partial charge is 0.348 e. The van der Waals surface area contributed by atoms with Gasteiger partial charge in [-0.15, -0.1) is 0 Å². The molecule has 4 rings (SSSR count). The van der Waals surface area contributed by atoms with Gasteiger partial charge in [-0.3, -0.25) is 9.59 Å². The summed E-state index contributed by atoms with van der Waals surface area (Å²) in [4.78, 5) is 32.3. The van der Waals surface area contributed by atoms with Crippen molar-refractivity contribution in [3.8, 4) is 0 Å². The predicted octanol–water partition coefficient (Wildman–Crippen LogP) is 5.38. The van der Waals surface area contributed by atoms with Gasteiger partial charge in [0.25, 0.3) is 5.91 Å². The van der Waals surface area contributed by atoms with E-state index in [4.69, 9.17) is 0 Å². The number of para-hydroxylation sites is 2. The summed E-state index contributed by atoms with van der Waals surface area (Å²) >= 11 is 1.63. The van der Waals surface area contributed by atoms with Crippen molar-refractivity contribution in [3.05, 3.63) is 89.5 Å². The van der Waals surface area contributed by atoms with Gasteiger partial charge in [-0.05, 0) is 47.5 Å². The quantitative estimate of drug-likeness (QED) is 0.309. The highest BCUT2D eigenvalue weighted by molar-refractivity contribution is 7.98. The topological polar surface area (TPSA) is 86.9 Å². The van der Waals surface area contributed by atoms with Crippen LogP contribution in [0.15, 0.2) is 78.0 Å². The van der Waals surface area contributed by atoms with E-state index in [2.05, 4.69) is 20.6 Å². The lowest BCUT2D eigenvalue weighted by Gasteiger charge is -2.10. The van der Waals surface area contributed by atoms with E-state index in [0.29, 0.717) is 12.1 Å². The van der Waals surface area contributed by atoms with Gasteiger partial charge in [0.2, 0.25) is 5.91 Å². The Bertz CT molecular complexity index is 1230. The monoisotopic (exact) mass is 458 g/mol. The molecule has 2 amide bonds. The van der Waals surface area contributed by atoms with Crippen molar-refractivity contribution in [1.29, 1.82) is 0 Å². The number of imidazole rings is 1. The molecule has 0 saturated heterocycles. The molecule has 3 aromatic carbocycles. The van der Waals surface area contributed by atoms with Gasteiger partial charge >= 0.3 is 0 Å². The van der Waals surface area contributed by atoms with Gasteiger partial charge in [-0.1, -0.05) is 62.0 Å². The smallest absolute Gasteiger partial charge is 0.251 e. The zero-order valence-electron chi connectivity index (χ0n) is 18.6. The van der Waals surface area contributed by atoms with E-state index in [0.717, 1.165) is 38.8 Å². The summed E-state index contributed by atoms with van der Waals surface area (Å²) in [5.41, 5.74) is 5.36. The Hall–Kier alpha value is -3.58. The first-order valence-corrected chi connectivity index (χ1v) is 11.8. The summed E-state index contributed by atoms with van der Waals surface area (Å²) in [5, 5.41) is 6.70. The van der Waals surface area contributed by atoms with Crippen LogP contribution in [0.25, 0.3) is 11.0 Å². The first kappa shape index (κ1) is 22.6. The molecule has 0 aliphatic rings. The first-order valence-electron chi connectivity index (χ1n) is 10.8. The molecule has 0 unspecified atom stereocenters. The van der Waals surface area contributed by atoms with Crippen molar-refractivity contribution in [2.24, 2.45) is 5.92 Å². The van der Waals surface area contributed by atoms with Gasteiger partial charge in [0, 0.05) is 29.5 Å². The van der Waals surface area contributed by atoms with Crippen molar-refractivity contribution < 1.29 is 9.59 Å². The summed E-state index contributed by atoms with van der Waals surface area (Å²) < 4.78 is 0. The molecule has 0 atom stereocenters. The number of hydrogen-bond donors (Lipinski definition) is 3. The second-order valence-corrected chi connectivity index (χ2v) is 9.04. The van der Waals surface area contributed by atoms with E-state index in [-0.39, 0.29) is 17.7 Å². The van der Waals surface area contributed by atoms with E-state index >= 15 is 0 Å². The molecular formula is C26H26N4O2S. The molecular weight excluding hydrogens is 432 g/mol. The number of carbonyl (C=O) groups excluding carboxylic acids is 2. The second kappa shape index (κ2) is 10.4. The lowest BCUT2D eigenvalue weighted by Crippen LogP contribution is -2.23. The molecule has 0 aliphatic heterocycles. The van der Waals surface area contributed by atoms with E-state index in [1.54, 1.807) is 11.8 Å². The van der Waals surface area contributed by atoms with E-state index in [9.17, 15) is 9.59 Å². The van der Waals surface area contributed by atoms with Crippen LogP contribution in [-0.2, 0) is 17.1 Å². The second-order valence-electron chi connectivity index (χ2n) is 8.07. The number of amides is 2. The minimum absolute atomic E-state index is 0.0326. The Balaban J connectivity index is 1.29. The van der Waals surface area contributed by atoms with Gasteiger partial charge in [0.1, 0.15) is 0 Å². The van der Waals surface area contributed by atoms with Crippen LogP contribution in [0.3, 0.4) is 0 Å². The summed E-state index contributed by atoms with van der Waals surface area (Å²) in [7, 11) is 0. The number of nitrogens with one attached hydrogen (secondary N) is 3. The molecule has 0 aliphatic carbocycles. The highest BCUT2D eigenvalue weighted by atomic mass is 32.2. The minimum Gasteiger partial charge on any atom is -0.348 e. The Kier molecular flexibility index (Phi) is 7.10. The Labute approximate surface area is 197 Å². The SMILES string of the molecule is CC(C)C(=O)Nc1cccc(CNC(=O)c2ccc(CSc3nc4ccccc4[nH]3)cc2)c1. The normalized spacial score (nSPS) is 11.0. The molecule has 168 valence electrons. The number of carbonyl (C=O) groups is 2. The maximum Gasteiger partial charge on any atom is 0.251 e. The minimum atomic E-state index is -0.136. The number of nitrogens with zero attached hydrogens (tertiary/aromatic N) is 1. The van der Waals surface area contributed by atoms with Crippen molar-refractivity contribution >= 4 is 40.3 Å². The lowest BCUT2D eigenvalue weighted by atomic mass is 10.1. The fraction of sp³-hybridized carbons (Fsp3) is 0.192. The number of fused-ring (bicyclic) bond motifs is 1. The summed E-state index contributed by atoms with van der Waals surface area (Å²) in [6.45, 7) is 4.08. The predicted molar refractivity (Wildman–Crippen MR) is 133 cm³/mol. The van der Waals surface area contributed by atoms with Crippen LogP contribution in [0.5, 0.6) is 0 Å². The molecule has 0 radical (unpaired) electrons. The van der Waals surface area contributed by atoms with Crippen LogP contribution in [0.2, 0.25) is 0 Å². The van der Waals surface area contributed by atoms with E-state index in [1.165, 1.54) is 0 Å². The fourth-order valence-electron chi connectivity index (χ4n) is 3.23. The van der Waals surface area contributed by atoms with Gasteiger partial charge in [0.05, 0.1) is 11.0 Å². The summed E-state index contributed by atoms with van der Waals surface area (Å²) in [5.74, 6) is 0.502. The van der Waals surface area contributed by atoms with E-state index < -0.39 is 0 Å². The molecule has 0 bridgehead atoms. The third-order valence-electron chi connectivity index (χ3n) is 5.13. The molecule has 0 saturated carbocycles. The van der Waals surface area contributed by atoms with E-state index in [1.807, 2.05) is 86.6 Å². The van der Waals surface area contributed by atoms with Crippen LogP contribution < -0.4 is 10.6 Å². The van der Waals surface area contributed by atoms with Crippen LogP contribution in [-0.4, -0.2) is 21.8 Å².